The summed E-state index contributed by atoms with van der Waals surface area (Å²) in [6.07, 6.45) is 5.98. The molecule has 1 fully saturated rings. The maximum Gasteiger partial charge on any atom is 0.0994 e. The molecular weight excluding hydrogens is 382 g/mol. The summed E-state index contributed by atoms with van der Waals surface area (Å²) in [5.41, 5.74) is 5.00. The first kappa shape index (κ1) is 23.0. The summed E-state index contributed by atoms with van der Waals surface area (Å²) in [4.78, 5) is 2.56. The fourth-order valence-electron chi connectivity index (χ4n) is 4.48. The average Bonchev–Trinajstić information content (AvgIpc) is 2.81. The van der Waals surface area contributed by atoms with Crippen LogP contribution in [0.4, 0.5) is 0 Å². The lowest BCUT2D eigenvalue weighted by molar-refractivity contribution is -0.00271. The molecule has 1 heterocycles. The van der Waals surface area contributed by atoms with Gasteiger partial charge in [0.25, 0.3) is 0 Å². The Bertz CT molecular complexity index is 932. The predicted molar refractivity (Wildman–Crippen MR) is 124 cm³/mol. The van der Waals surface area contributed by atoms with E-state index in [1.54, 1.807) is 0 Å². The molecule has 0 amide bonds. The van der Waals surface area contributed by atoms with Gasteiger partial charge in [-0.2, -0.15) is 10.5 Å². The zero-order valence-electron chi connectivity index (χ0n) is 18.8. The van der Waals surface area contributed by atoms with Gasteiger partial charge in [-0.05, 0) is 86.4 Å². The van der Waals surface area contributed by atoms with E-state index in [2.05, 4.69) is 36.1 Å². The molecular formula is C27H33N3O. The van der Waals surface area contributed by atoms with Crippen LogP contribution in [0.5, 0.6) is 0 Å². The van der Waals surface area contributed by atoms with Gasteiger partial charge in [0.2, 0.25) is 0 Å². The molecule has 1 unspecified atom stereocenters. The molecule has 0 N–H and O–H groups in total. The molecule has 1 saturated heterocycles. The summed E-state index contributed by atoms with van der Waals surface area (Å²) in [5.74, 6) is 0.566. The van der Waals surface area contributed by atoms with Gasteiger partial charge in [-0.3, -0.25) is 0 Å². The number of hydrogen-bond acceptors (Lipinski definition) is 4. The van der Waals surface area contributed by atoms with Crippen LogP contribution in [-0.4, -0.2) is 30.6 Å². The van der Waals surface area contributed by atoms with Crippen LogP contribution in [-0.2, 0) is 11.3 Å². The van der Waals surface area contributed by atoms with Gasteiger partial charge >= 0.3 is 0 Å². The minimum atomic E-state index is 0.312. The molecule has 3 rings (SSSR count). The fourth-order valence-corrected chi connectivity index (χ4v) is 4.48. The third kappa shape index (κ3) is 6.66. The number of rotatable bonds is 9. The standard InChI is InChI=1S/C27H33N3O/c1-3-24(25-9-10-26(19-29)21(2)16-25)8-5-13-30-14-11-27(12-15-30)31-20-23-7-4-6-22(17-23)18-28/h4,6-7,9-10,16-17,24,27H,3,5,8,11-15,20H2,1-2H3. The van der Waals surface area contributed by atoms with Crippen molar-refractivity contribution in [2.24, 2.45) is 0 Å². The Hall–Kier alpha value is -2.66. The van der Waals surface area contributed by atoms with Crippen molar-refractivity contribution >= 4 is 0 Å². The van der Waals surface area contributed by atoms with Crippen LogP contribution in [0.1, 0.15) is 72.8 Å². The second-order valence-electron chi connectivity index (χ2n) is 8.60. The van der Waals surface area contributed by atoms with Crippen molar-refractivity contribution in [2.45, 2.75) is 64.6 Å². The minimum absolute atomic E-state index is 0.312. The quantitative estimate of drug-likeness (QED) is 0.527. The zero-order valence-corrected chi connectivity index (χ0v) is 18.8. The topological polar surface area (TPSA) is 60.0 Å². The molecule has 4 heteroatoms. The van der Waals surface area contributed by atoms with Crippen molar-refractivity contribution in [1.29, 1.82) is 10.5 Å². The van der Waals surface area contributed by atoms with E-state index < -0.39 is 0 Å². The maximum atomic E-state index is 9.15. The molecule has 0 radical (unpaired) electrons. The first-order chi connectivity index (χ1) is 15.1. The molecule has 0 saturated carbocycles. The van der Waals surface area contributed by atoms with E-state index in [4.69, 9.17) is 15.3 Å². The third-order valence-electron chi connectivity index (χ3n) is 6.44. The van der Waals surface area contributed by atoms with E-state index in [0.29, 0.717) is 24.2 Å². The minimum Gasteiger partial charge on any atom is -0.373 e. The highest BCUT2D eigenvalue weighted by molar-refractivity contribution is 5.40. The summed E-state index contributed by atoms with van der Waals surface area (Å²) in [7, 11) is 0. The normalized spacial score (nSPS) is 15.9. The highest BCUT2D eigenvalue weighted by atomic mass is 16.5. The maximum absolute atomic E-state index is 9.15. The highest BCUT2D eigenvalue weighted by Gasteiger charge is 2.20. The Morgan fingerprint density at radius 1 is 1.10 bits per heavy atom. The number of aryl methyl sites for hydroxylation is 1. The second-order valence-corrected chi connectivity index (χ2v) is 8.60. The van der Waals surface area contributed by atoms with Crippen molar-refractivity contribution in [3.63, 3.8) is 0 Å². The molecule has 1 atom stereocenters. The fraction of sp³-hybridized carbons (Fsp3) is 0.481. The number of ether oxygens (including phenoxy) is 1. The molecule has 1 aliphatic rings. The summed E-state index contributed by atoms with van der Waals surface area (Å²) in [6.45, 7) is 8.20. The summed E-state index contributed by atoms with van der Waals surface area (Å²) < 4.78 is 6.11. The monoisotopic (exact) mass is 415 g/mol. The van der Waals surface area contributed by atoms with Gasteiger partial charge in [0.1, 0.15) is 0 Å². The number of hydrogen-bond donors (Lipinski definition) is 0. The summed E-state index contributed by atoms with van der Waals surface area (Å²) in [6, 6.07) is 18.4. The molecule has 0 aliphatic carbocycles. The van der Waals surface area contributed by atoms with E-state index in [-0.39, 0.29) is 0 Å². The van der Waals surface area contributed by atoms with Crippen LogP contribution in [0.3, 0.4) is 0 Å². The number of likely N-dealkylation sites (tertiary alicyclic amines) is 1. The van der Waals surface area contributed by atoms with E-state index >= 15 is 0 Å². The van der Waals surface area contributed by atoms with Crippen molar-refractivity contribution in [2.75, 3.05) is 19.6 Å². The number of nitriles is 2. The second kappa shape index (κ2) is 11.7. The number of benzene rings is 2. The largest absolute Gasteiger partial charge is 0.373 e. The molecule has 162 valence electrons. The van der Waals surface area contributed by atoms with Gasteiger partial charge in [-0.25, -0.2) is 0 Å². The smallest absolute Gasteiger partial charge is 0.0994 e. The van der Waals surface area contributed by atoms with Gasteiger partial charge in [0.15, 0.2) is 0 Å². The van der Waals surface area contributed by atoms with Crippen LogP contribution in [0.15, 0.2) is 42.5 Å². The molecule has 0 aromatic heterocycles. The van der Waals surface area contributed by atoms with Crippen LogP contribution in [0.2, 0.25) is 0 Å². The van der Waals surface area contributed by atoms with Crippen LogP contribution in [0.25, 0.3) is 0 Å². The zero-order chi connectivity index (χ0) is 22.1. The van der Waals surface area contributed by atoms with Gasteiger partial charge in [0, 0.05) is 13.1 Å². The highest BCUT2D eigenvalue weighted by Crippen LogP contribution is 2.27. The van der Waals surface area contributed by atoms with Crippen molar-refractivity contribution in [3.05, 3.63) is 70.3 Å². The predicted octanol–water partition coefficient (Wildman–Crippen LogP) is 5.69. The molecule has 0 bridgehead atoms. The van der Waals surface area contributed by atoms with E-state index in [9.17, 15) is 0 Å². The SMILES string of the molecule is CCC(CCCN1CCC(OCc2cccc(C#N)c2)CC1)c1ccc(C#N)c(C)c1. The van der Waals surface area contributed by atoms with Gasteiger partial charge in [-0.1, -0.05) is 31.2 Å². The number of nitrogens with zero attached hydrogens (tertiary/aromatic N) is 3. The first-order valence-electron chi connectivity index (χ1n) is 11.5. The summed E-state index contributed by atoms with van der Waals surface area (Å²) >= 11 is 0. The Morgan fingerprint density at radius 2 is 1.90 bits per heavy atom. The average molecular weight is 416 g/mol. The first-order valence-corrected chi connectivity index (χ1v) is 11.5. The van der Waals surface area contributed by atoms with Crippen molar-refractivity contribution < 1.29 is 4.74 Å². The summed E-state index contributed by atoms with van der Waals surface area (Å²) in [5, 5.41) is 18.2. The van der Waals surface area contributed by atoms with Crippen LogP contribution in [0, 0.1) is 29.6 Å². The van der Waals surface area contributed by atoms with E-state index in [1.807, 2.05) is 37.3 Å². The Balaban J connectivity index is 1.38. The van der Waals surface area contributed by atoms with Crippen molar-refractivity contribution in [1.82, 2.24) is 4.90 Å². The molecule has 31 heavy (non-hydrogen) atoms. The number of piperidine rings is 1. The van der Waals surface area contributed by atoms with Crippen LogP contribution >= 0.6 is 0 Å². The van der Waals surface area contributed by atoms with Gasteiger partial charge in [-0.15, -0.1) is 0 Å². The lowest BCUT2D eigenvalue weighted by atomic mass is 9.89. The molecule has 2 aromatic carbocycles. The molecule has 0 spiro atoms. The molecule has 4 nitrogen and oxygen atoms in total. The molecule has 1 aliphatic heterocycles. The third-order valence-corrected chi connectivity index (χ3v) is 6.44. The van der Waals surface area contributed by atoms with E-state index in [0.717, 1.165) is 55.6 Å². The van der Waals surface area contributed by atoms with Crippen molar-refractivity contribution in [3.8, 4) is 12.1 Å². The van der Waals surface area contributed by atoms with Gasteiger partial charge < -0.3 is 9.64 Å². The Labute approximate surface area is 187 Å². The lowest BCUT2D eigenvalue weighted by Crippen LogP contribution is -2.37. The van der Waals surface area contributed by atoms with Gasteiger partial charge in [0.05, 0.1) is 36.0 Å². The Morgan fingerprint density at radius 3 is 2.58 bits per heavy atom. The Kier molecular flexibility index (Phi) is 8.65. The lowest BCUT2D eigenvalue weighted by Gasteiger charge is -2.32. The van der Waals surface area contributed by atoms with E-state index in [1.165, 1.54) is 18.4 Å². The van der Waals surface area contributed by atoms with Crippen LogP contribution < -0.4 is 0 Å². The molecule has 2 aromatic rings.